The lowest BCUT2D eigenvalue weighted by Gasteiger charge is -2.41. The molecule has 8 heteroatoms. The molecule has 0 unspecified atom stereocenters. The van der Waals surface area contributed by atoms with Gasteiger partial charge in [0.25, 0.3) is 0 Å². The second-order valence-electron chi connectivity index (χ2n) is 10.2. The Morgan fingerprint density at radius 3 is 2.62 bits per heavy atom. The highest BCUT2D eigenvalue weighted by molar-refractivity contribution is 5.86. The zero-order chi connectivity index (χ0) is 24.0. The lowest BCUT2D eigenvalue weighted by Crippen LogP contribution is -2.44. The molecule has 34 heavy (non-hydrogen) atoms. The molecule has 8 nitrogen and oxygen atoms in total. The molecule has 5 rings (SSSR count). The van der Waals surface area contributed by atoms with E-state index in [0.717, 1.165) is 60.5 Å². The molecule has 0 radical (unpaired) electrons. The first-order valence-electron chi connectivity index (χ1n) is 12.0. The topological polar surface area (TPSA) is 88.1 Å². The number of amides is 1. The van der Waals surface area contributed by atoms with Crippen molar-refractivity contribution in [2.24, 2.45) is 5.41 Å². The number of hydrogen-bond acceptors (Lipinski definition) is 6. The summed E-state index contributed by atoms with van der Waals surface area (Å²) in [6.45, 7) is 5.71. The molecule has 3 aromatic rings. The fraction of sp³-hybridized carbons (Fsp3) is 0.500. The van der Waals surface area contributed by atoms with Crippen molar-refractivity contribution in [1.82, 2.24) is 19.2 Å². The number of piperidine rings is 1. The van der Waals surface area contributed by atoms with E-state index in [2.05, 4.69) is 33.3 Å². The van der Waals surface area contributed by atoms with Crippen LogP contribution in [0.1, 0.15) is 36.5 Å². The Balaban J connectivity index is 1.70. The Kier molecular flexibility index (Phi) is 5.70. The number of benzene rings is 1. The lowest BCUT2D eigenvalue weighted by molar-refractivity contribution is -0.130. The minimum absolute atomic E-state index is 0.0660. The number of hydrogen-bond donors (Lipinski definition) is 1. The van der Waals surface area contributed by atoms with Crippen LogP contribution in [-0.4, -0.2) is 77.1 Å². The number of carbonyl (C=O) groups is 1. The number of para-hydroxylation sites is 2. The van der Waals surface area contributed by atoms with Crippen LogP contribution in [0.15, 0.2) is 24.3 Å². The van der Waals surface area contributed by atoms with Gasteiger partial charge in [-0.25, -0.2) is 4.98 Å². The summed E-state index contributed by atoms with van der Waals surface area (Å²) in [4.78, 5) is 23.6. The van der Waals surface area contributed by atoms with Crippen LogP contribution in [0.3, 0.4) is 0 Å². The first kappa shape index (κ1) is 22.6. The minimum atomic E-state index is -0.0660. The van der Waals surface area contributed by atoms with E-state index in [0.29, 0.717) is 30.7 Å². The number of nitrogens with zero attached hydrogens (tertiary/aromatic N) is 6. The number of aromatic nitrogens is 2. The Bertz CT molecular complexity index is 1300. The Morgan fingerprint density at radius 2 is 1.94 bits per heavy atom. The van der Waals surface area contributed by atoms with Crippen LogP contribution >= 0.6 is 0 Å². The van der Waals surface area contributed by atoms with E-state index in [1.807, 2.05) is 18.2 Å². The number of aliphatic hydroxyl groups excluding tert-OH is 1. The number of nitriles is 1. The van der Waals surface area contributed by atoms with Crippen molar-refractivity contribution in [3.8, 4) is 6.07 Å². The summed E-state index contributed by atoms with van der Waals surface area (Å²) in [5.74, 6) is 1.16. The number of carbonyl (C=O) groups excluding carboxylic acids is 1. The summed E-state index contributed by atoms with van der Waals surface area (Å²) < 4.78 is 2.16. The number of imidazole rings is 1. The fourth-order valence-electron chi connectivity index (χ4n) is 5.31. The van der Waals surface area contributed by atoms with E-state index in [9.17, 15) is 15.2 Å². The molecule has 178 valence electrons. The van der Waals surface area contributed by atoms with Gasteiger partial charge in [-0.05, 0) is 42.4 Å². The van der Waals surface area contributed by atoms with Gasteiger partial charge in [0.1, 0.15) is 11.9 Å². The number of fused-ring (bicyclic) bond motifs is 4. The molecule has 4 heterocycles. The summed E-state index contributed by atoms with van der Waals surface area (Å²) >= 11 is 0. The lowest BCUT2D eigenvalue weighted by atomic mass is 9.81. The Labute approximate surface area is 200 Å². The van der Waals surface area contributed by atoms with Gasteiger partial charge in [-0.2, -0.15) is 5.26 Å². The third kappa shape index (κ3) is 3.69. The van der Waals surface area contributed by atoms with Crippen molar-refractivity contribution in [3.05, 3.63) is 41.0 Å². The molecule has 0 spiro atoms. The average Bonchev–Trinajstić information content (AvgIpc) is 3.22. The van der Waals surface area contributed by atoms with Crippen molar-refractivity contribution in [3.63, 3.8) is 0 Å². The van der Waals surface area contributed by atoms with Crippen LogP contribution in [0.5, 0.6) is 0 Å². The van der Waals surface area contributed by atoms with Gasteiger partial charge in [0, 0.05) is 52.4 Å². The standard InChI is InChI=1S/C26H32N6O2/c1-26(17-33)9-12-31(13-10-26)25-20-15-30(16-23(34)29(2)3)11-8-18(20)19(14-27)24-28-21-6-4-5-7-22(21)32(24)25/h4-7,33H,8-13,15-17H2,1-3H3. The Morgan fingerprint density at radius 1 is 1.21 bits per heavy atom. The predicted octanol–water partition coefficient (Wildman–Crippen LogP) is 2.40. The van der Waals surface area contributed by atoms with Crippen LogP contribution in [-0.2, 0) is 17.8 Å². The number of rotatable bonds is 4. The number of pyridine rings is 1. The number of likely N-dealkylation sites (N-methyl/N-ethyl adjacent to an activating group) is 1. The molecule has 1 amide bonds. The second kappa shape index (κ2) is 8.57. The van der Waals surface area contributed by atoms with E-state index in [1.165, 1.54) is 0 Å². The molecule has 0 saturated carbocycles. The number of anilines is 1. The predicted molar refractivity (Wildman–Crippen MR) is 132 cm³/mol. The first-order chi connectivity index (χ1) is 16.3. The number of aliphatic hydroxyl groups is 1. The van der Waals surface area contributed by atoms with Crippen LogP contribution in [0.25, 0.3) is 16.7 Å². The largest absolute Gasteiger partial charge is 0.396 e. The maximum atomic E-state index is 12.5. The Hall–Kier alpha value is -3.15. The monoisotopic (exact) mass is 460 g/mol. The van der Waals surface area contributed by atoms with E-state index in [-0.39, 0.29) is 17.9 Å². The van der Waals surface area contributed by atoms with Crippen LogP contribution in [0, 0.1) is 16.7 Å². The van der Waals surface area contributed by atoms with Gasteiger partial charge >= 0.3 is 0 Å². The minimum Gasteiger partial charge on any atom is -0.396 e. The third-order valence-corrected chi connectivity index (χ3v) is 7.61. The van der Waals surface area contributed by atoms with E-state index >= 15 is 0 Å². The molecule has 2 aromatic heterocycles. The van der Waals surface area contributed by atoms with Gasteiger partial charge in [0.05, 0.1) is 23.1 Å². The molecule has 2 aliphatic rings. The normalized spacial score (nSPS) is 18.1. The maximum absolute atomic E-state index is 12.5. The summed E-state index contributed by atoms with van der Waals surface area (Å²) in [5, 5.41) is 20.1. The summed E-state index contributed by atoms with van der Waals surface area (Å²) in [7, 11) is 3.57. The van der Waals surface area contributed by atoms with Gasteiger partial charge in [-0.15, -0.1) is 0 Å². The smallest absolute Gasteiger partial charge is 0.236 e. The quantitative estimate of drug-likeness (QED) is 0.643. The van der Waals surface area contributed by atoms with Crippen LogP contribution in [0.2, 0.25) is 0 Å². The average molecular weight is 461 g/mol. The summed E-state index contributed by atoms with van der Waals surface area (Å²) in [6, 6.07) is 10.5. The van der Waals surface area contributed by atoms with Crippen molar-refractivity contribution < 1.29 is 9.90 Å². The van der Waals surface area contributed by atoms with E-state index in [4.69, 9.17) is 4.98 Å². The molecule has 1 N–H and O–H groups in total. The first-order valence-corrected chi connectivity index (χ1v) is 12.0. The molecule has 1 saturated heterocycles. The molecular formula is C26H32N6O2. The zero-order valence-corrected chi connectivity index (χ0v) is 20.2. The van der Waals surface area contributed by atoms with E-state index in [1.54, 1.807) is 19.0 Å². The van der Waals surface area contributed by atoms with Crippen molar-refractivity contribution in [2.45, 2.75) is 32.7 Å². The molecular weight excluding hydrogens is 428 g/mol. The van der Waals surface area contributed by atoms with Crippen molar-refractivity contribution >= 4 is 28.4 Å². The summed E-state index contributed by atoms with van der Waals surface area (Å²) in [5.41, 5.74) is 5.34. The molecule has 1 aromatic carbocycles. The highest BCUT2D eigenvalue weighted by atomic mass is 16.3. The van der Waals surface area contributed by atoms with Crippen LogP contribution < -0.4 is 4.90 Å². The van der Waals surface area contributed by atoms with Crippen molar-refractivity contribution in [1.29, 1.82) is 5.26 Å². The molecule has 0 aliphatic carbocycles. The highest BCUT2D eigenvalue weighted by Gasteiger charge is 2.34. The second-order valence-corrected chi connectivity index (χ2v) is 10.2. The van der Waals surface area contributed by atoms with Gasteiger partial charge in [-0.3, -0.25) is 14.1 Å². The zero-order valence-electron chi connectivity index (χ0n) is 20.2. The molecule has 2 aliphatic heterocycles. The van der Waals surface area contributed by atoms with Gasteiger partial charge < -0.3 is 14.9 Å². The van der Waals surface area contributed by atoms with E-state index < -0.39 is 0 Å². The SMILES string of the molecule is CN(C)C(=O)CN1CCc2c(c(N3CCC(C)(CO)CC3)n3c(nc4ccccc43)c2C#N)C1. The van der Waals surface area contributed by atoms with Gasteiger partial charge in [0.15, 0.2) is 5.65 Å². The van der Waals surface area contributed by atoms with Crippen molar-refractivity contribution in [2.75, 3.05) is 51.8 Å². The maximum Gasteiger partial charge on any atom is 0.236 e. The molecule has 1 fully saturated rings. The molecule has 0 bridgehead atoms. The van der Waals surface area contributed by atoms with Crippen LogP contribution in [0.4, 0.5) is 5.82 Å². The van der Waals surface area contributed by atoms with Gasteiger partial charge in [0.2, 0.25) is 5.91 Å². The summed E-state index contributed by atoms with van der Waals surface area (Å²) in [6.07, 6.45) is 2.51. The molecule has 0 atom stereocenters. The van der Waals surface area contributed by atoms with Gasteiger partial charge in [-0.1, -0.05) is 19.1 Å². The third-order valence-electron chi connectivity index (χ3n) is 7.61. The highest BCUT2D eigenvalue weighted by Crippen LogP contribution is 2.39. The fourth-order valence-corrected chi connectivity index (χ4v) is 5.31.